The van der Waals surface area contributed by atoms with Crippen molar-refractivity contribution in [2.45, 2.75) is 74.0 Å². The van der Waals surface area contributed by atoms with Gasteiger partial charge in [-0.15, -0.1) is 0 Å². The molecule has 0 bridgehead atoms. The summed E-state index contributed by atoms with van der Waals surface area (Å²) in [5.74, 6) is 0.743. The van der Waals surface area contributed by atoms with Crippen molar-refractivity contribution in [2.24, 2.45) is 7.05 Å². The van der Waals surface area contributed by atoms with Crippen molar-refractivity contribution in [1.82, 2.24) is 0 Å². The van der Waals surface area contributed by atoms with E-state index in [9.17, 15) is 0 Å². The third-order valence-corrected chi connectivity index (χ3v) is 9.55. The normalized spacial score (nSPS) is 17.7. The van der Waals surface area contributed by atoms with E-state index in [1.165, 1.54) is 89.2 Å². The Kier molecular flexibility index (Phi) is 4.25. The fourth-order valence-electron chi connectivity index (χ4n) is 6.79. The van der Waals surface area contributed by atoms with E-state index in [-0.39, 0.29) is 0 Å². The maximum atomic E-state index is 2.57. The Morgan fingerprint density at radius 1 is 0.938 bits per heavy atom. The van der Waals surface area contributed by atoms with Gasteiger partial charge in [-0.3, -0.25) is 0 Å². The molecule has 0 spiro atoms. The molecule has 1 fully saturated rings. The average molecular weight is 437 g/mol. The summed E-state index contributed by atoms with van der Waals surface area (Å²) in [6.45, 7) is 2.36. The van der Waals surface area contributed by atoms with Gasteiger partial charge in [0.05, 0.1) is 10.9 Å². The Morgan fingerprint density at radius 3 is 2.69 bits per heavy atom. The van der Waals surface area contributed by atoms with Gasteiger partial charge < -0.3 is 0 Å². The number of benzene rings is 3. The fraction of sp³-hybridized carbons (Fsp3) is 0.367. The number of pyridine rings is 1. The zero-order valence-corrected chi connectivity index (χ0v) is 19.9. The molecule has 0 radical (unpaired) electrons. The van der Waals surface area contributed by atoms with E-state index < -0.39 is 0 Å². The molecule has 4 aromatic rings. The number of nitrogens with zero attached hydrogens (tertiary/aromatic N) is 1. The lowest BCUT2D eigenvalue weighted by molar-refractivity contribution is -0.659. The molecule has 32 heavy (non-hydrogen) atoms. The van der Waals surface area contributed by atoms with Crippen LogP contribution in [0.15, 0.2) is 52.4 Å². The van der Waals surface area contributed by atoms with Crippen LogP contribution in [0.3, 0.4) is 0 Å². The maximum Gasteiger partial charge on any atom is 0.222 e. The van der Waals surface area contributed by atoms with Crippen LogP contribution in [0.25, 0.3) is 32.8 Å². The first-order chi connectivity index (χ1) is 15.7. The number of aromatic nitrogens is 1. The monoisotopic (exact) mass is 436 g/mol. The Bertz CT molecular complexity index is 1420. The molecule has 3 aromatic carbocycles. The van der Waals surface area contributed by atoms with Crippen LogP contribution in [0.4, 0.5) is 0 Å². The van der Waals surface area contributed by atoms with Crippen LogP contribution in [-0.2, 0) is 19.9 Å². The first-order valence-electron chi connectivity index (χ1n) is 12.4. The maximum absolute atomic E-state index is 2.57. The first-order valence-corrected chi connectivity index (χ1v) is 13.2. The van der Waals surface area contributed by atoms with E-state index in [1.807, 2.05) is 0 Å². The summed E-state index contributed by atoms with van der Waals surface area (Å²) in [4.78, 5) is 3.03. The molecule has 0 amide bonds. The van der Waals surface area contributed by atoms with E-state index in [2.05, 4.69) is 72.9 Å². The SMILES string of the molecule is Cc1c2c(c3c4c(cccc14)CCC3)Sc1cc(C3CCCCC3)cc3cc[n+](C)c-2c13. The molecular formula is C30H30NS+. The largest absolute Gasteiger partial charge is 0.222 e. The van der Waals surface area contributed by atoms with Crippen LogP contribution in [0.2, 0.25) is 0 Å². The highest BCUT2D eigenvalue weighted by Crippen LogP contribution is 2.53. The lowest BCUT2D eigenvalue weighted by Crippen LogP contribution is -2.32. The van der Waals surface area contributed by atoms with E-state index in [0.717, 1.165) is 5.92 Å². The summed E-state index contributed by atoms with van der Waals surface area (Å²) >= 11 is 2.07. The molecule has 7 rings (SSSR count). The molecule has 1 aliphatic heterocycles. The number of rotatable bonds is 1. The summed E-state index contributed by atoms with van der Waals surface area (Å²) in [5.41, 5.74) is 9.11. The molecule has 2 heteroatoms. The number of hydrogen-bond acceptors (Lipinski definition) is 1. The second kappa shape index (κ2) is 7.09. The summed E-state index contributed by atoms with van der Waals surface area (Å²) in [6.07, 6.45) is 12.9. The fourth-order valence-corrected chi connectivity index (χ4v) is 8.20. The van der Waals surface area contributed by atoms with Crippen molar-refractivity contribution < 1.29 is 4.57 Å². The first kappa shape index (κ1) is 19.2. The predicted octanol–water partition coefficient (Wildman–Crippen LogP) is 7.79. The zero-order valence-electron chi connectivity index (χ0n) is 19.1. The number of hydrogen-bond donors (Lipinski definition) is 0. The summed E-state index contributed by atoms with van der Waals surface area (Å²) in [7, 11) is 2.24. The highest BCUT2D eigenvalue weighted by atomic mass is 32.2. The summed E-state index contributed by atoms with van der Waals surface area (Å²) in [5, 5.41) is 5.92. The van der Waals surface area contributed by atoms with Gasteiger partial charge in [-0.2, -0.15) is 0 Å². The van der Waals surface area contributed by atoms with E-state index >= 15 is 0 Å². The molecule has 160 valence electrons. The second-order valence-electron chi connectivity index (χ2n) is 10.2. The van der Waals surface area contributed by atoms with Gasteiger partial charge in [-0.1, -0.05) is 55.3 Å². The highest BCUT2D eigenvalue weighted by Gasteiger charge is 2.33. The zero-order chi connectivity index (χ0) is 21.4. The summed E-state index contributed by atoms with van der Waals surface area (Å²) < 4.78 is 2.38. The molecule has 2 heterocycles. The van der Waals surface area contributed by atoms with E-state index in [4.69, 9.17) is 0 Å². The molecule has 0 unspecified atom stereocenters. The number of aryl methyl sites for hydroxylation is 4. The molecular weight excluding hydrogens is 406 g/mol. The molecule has 0 N–H and O–H groups in total. The van der Waals surface area contributed by atoms with Crippen molar-refractivity contribution in [3.05, 3.63) is 64.8 Å². The Morgan fingerprint density at radius 2 is 1.81 bits per heavy atom. The third-order valence-electron chi connectivity index (χ3n) is 8.35. The van der Waals surface area contributed by atoms with Crippen molar-refractivity contribution in [3.8, 4) is 11.3 Å². The Labute approximate surface area is 194 Å². The molecule has 0 saturated heterocycles. The van der Waals surface area contributed by atoms with Crippen molar-refractivity contribution in [1.29, 1.82) is 0 Å². The third kappa shape index (κ3) is 2.62. The minimum absolute atomic E-state index is 0.743. The molecule has 3 aliphatic rings. The van der Waals surface area contributed by atoms with Crippen molar-refractivity contribution in [2.75, 3.05) is 0 Å². The van der Waals surface area contributed by atoms with Crippen molar-refractivity contribution >= 4 is 33.3 Å². The minimum Gasteiger partial charge on any atom is -0.200 e. The van der Waals surface area contributed by atoms with Crippen LogP contribution in [-0.4, -0.2) is 0 Å². The van der Waals surface area contributed by atoms with Gasteiger partial charge in [-0.05, 0) is 89.4 Å². The minimum atomic E-state index is 0.743. The van der Waals surface area contributed by atoms with Crippen LogP contribution >= 0.6 is 11.8 Å². The van der Waals surface area contributed by atoms with E-state index in [1.54, 1.807) is 27.0 Å². The van der Waals surface area contributed by atoms with Gasteiger partial charge in [0.2, 0.25) is 5.69 Å². The molecule has 1 nitrogen and oxygen atoms in total. The lowest BCUT2D eigenvalue weighted by atomic mass is 9.82. The topological polar surface area (TPSA) is 3.88 Å². The molecule has 1 saturated carbocycles. The molecule has 0 atom stereocenters. The molecule has 1 aromatic heterocycles. The van der Waals surface area contributed by atoms with Crippen LogP contribution in [0.1, 0.15) is 66.7 Å². The standard InChI is InChI=1S/C30H30NS/c1-18-23-12-6-10-20-11-7-13-24(27(20)23)30-26(18)29-28-21(14-15-31(29)2)16-22(17-25(28)32-30)19-8-4-3-5-9-19/h6,10,12,14-17,19H,3-5,7-9,11,13H2,1-2H3/q+1. The van der Waals surface area contributed by atoms with Crippen molar-refractivity contribution in [3.63, 3.8) is 0 Å². The lowest BCUT2D eigenvalue weighted by Gasteiger charge is -2.29. The second-order valence-corrected chi connectivity index (χ2v) is 11.2. The Hall–Kier alpha value is -2.32. The van der Waals surface area contributed by atoms with Gasteiger partial charge in [0.25, 0.3) is 0 Å². The van der Waals surface area contributed by atoms with Gasteiger partial charge in [0.1, 0.15) is 7.05 Å². The number of fused-ring (bicyclic) bond motifs is 3. The van der Waals surface area contributed by atoms with Gasteiger partial charge in [0, 0.05) is 15.9 Å². The van der Waals surface area contributed by atoms with Gasteiger partial charge in [0.15, 0.2) is 6.20 Å². The quantitative estimate of drug-likeness (QED) is 0.242. The smallest absolute Gasteiger partial charge is 0.200 e. The van der Waals surface area contributed by atoms with Crippen LogP contribution in [0.5, 0.6) is 0 Å². The van der Waals surface area contributed by atoms with Crippen LogP contribution in [0, 0.1) is 6.92 Å². The summed E-state index contributed by atoms with van der Waals surface area (Å²) in [6, 6.07) is 14.4. The average Bonchev–Trinajstić information content (AvgIpc) is 2.84. The molecule has 2 aliphatic carbocycles. The van der Waals surface area contributed by atoms with Gasteiger partial charge in [-0.25, -0.2) is 4.57 Å². The van der Waals surface area contributed by atoms with E-state index in [0.29, 0.717) is 0 Å². The Balaban J connectivity index is 1.56. The predicted molar refractivity (Wildman–Crippen MR) is 135 cm³/mol. The van der Waals surface area contributed by atoms with Gasteiger partial charge >= 0.3 is 0 Å². The highest BCUT2D eigenvalue weighted by molar-refractivity contribution is 7.99. The van der Waals surface area contributed by atoms with Crippen LogP contribution < -0.4 is 4.57 Å².